The lowest BCUT2D eigenvalue weighted by Gasteiger charge is -2.45. The molecule has 1 saturated carbocycles. The summed E-state index contributed by atoms with van der Waals surface area (Å²) in [7, 11) is 0. The second-order valence-corrected chi connectivity index (χ2v) is 6.85. The van der Waals surface area contributed by atoms with E-state index in [4.69, 9.17) is 10.5 Å². The maximum absolute atomic E-state index is 9.32. The highest BCUT2D eigenvalue weighted by atomic mass is 16.5. The summed E-state index contributed by atoms with van der Waals surface area (Å²) in [5, 5.41) is 9.32. The standard InChI is InChI=1S/C15H30N2O2/c1-12-4-3-5-15(6-12,10-16)11-17-7-13(2)19-14(8-17)9-18/h12-14,18H,3-11,16H2,1-2H3. The minimum absolute atomic E-state index is 0.0282. The summed E-state index contributed by atoms with van der Waals surface area (Å²) in [5.41, 5.74) is 6.40. The minimum atomic E-state index is -0.0282. The highest BCUT2D eigenvalue weighted by Crippen LogP contribution is 2.39. The Labute approximate surface area is 117 Å². The maximum atomic E-state index is 9.32. The van der Waals surface area contributed by atoms with Gasteiger partial charge < -0.3 is 15.6 Å². The van der Waals surface area contributed by atoms with Crippen molar-refractivity contribution in [2.75, 3.05) is 32.8 Å². The Morgan fingerprint density at radius 1 is 1.37 bits per heavy atom. The molecule has 0 radical (unpaired) electrons. The SMILES string of the molecule is CC1CCCC(CN)(CN2CC(C)OC(CO)C2)C1. The van der Waals surface area contributed by atoms with E-state index in [0.29, 0.717) is 0 Å². The summed E-state index contributed by atoms with van der Waals surface area (Å²) in [6.45, 7) is 8.22. The number of nitrogens with zero attached hydrogens (tertiary/aromatic N) is 1. The molecule has 4 nitrogen and oxygen atoms in total. The third-order valence-corrected chi connectivity index (χ3v) is 4.78. The van der Waals surface area contributed by atoms with Crippen LogP contribution in [0.3, 0.4) is 0 Å². The minimum Gasteiger partial charge on any atom is -0.394 e. The first-order valence-electron chi connectivity index (χ1n) is 7.75. The van der Waals surface area contributed by atoms with Crippen LogP contribution >= 0.6 is 0 Å². The lowest BCUT2D eigenvalue weighted by atomic mass is 9.69. The van der Waals surface area contributed by atoms with Gasteiger partial charge in [0.1, 0.15) is 0 Å². The summed E-state index contributed by atoms with van der Waals surface area (Å²) in [5.74, 6) is 0.796. The number of hydrogen-bond donors (Lipinski definition) is 2. The molecule has 2 fully saturated rings. The molecule has 1 saturated heterocycles. The Morgan fingerprint density at radius 2 is 2.16 bits per heavy atom. The molecule has 0 aromatic heterocycles. The van der Waals surface area contributed by atoms with Crippen LogP contribution in [0.25, 0.3) is 0 Å². The van der Waals surface area contributed by atoms with Crippen molar-refractivity contribution in [3.05, 3.63) is 0 Å². The van der Waals surface area contributed by atoms with Crippen molar-refractivity contribution in [3.8, 4) is 0 Å². The Kier molecular flexibility index (Phi) is 5.23. The van der Waals surface area contributed by atoms with E-state index in [1.54, 1.807) is 0 Å². The molecular formula is C15H30N2O2. The van der Waals surface area contributed by atoms with Crippen LogP contribution in [0.1, 0.15) is 39.5 Å². The molecule has 0 aromatic rings. The molecule has 0 aromatic carbocycles. The van der Waals surface area contributed by atoms with E-state index in [9.17, 15) is 5.11 Å². The van der Waals surface area contributed by atoms with Crippen molar-refractivity contribution < 1.29 is 9.84 Å². The summed E-state index contributed by atoms with van der Waals surface area (Å²) in [6.07, 6.45) is 5.34. The van der Waals surface area contributed by atoms with Gasteiger partial charge in [0.2, 0.25) is 0 Å². The Balaban J connectivity index is 1.97. The van der Waals surface area contributed by atoms with Crippen molar-refractivity contribution >= 4 is 0 Å². The molecule has 2 aliphatic rings. The van der Waals surface area contributed by atoms with Gasteiger partial charge in [-0.15, -0.1) is 0 Å². The molecule has 4 heteroatoms. The van der Waals surface area contributed by atoms with E-state index in [1.165, 1.54) is 25.7 Å². The van der Waals surface area contributed by atoms with E-state index < -0.39 is 0 Å². The molecule has 1 aliphatic carbocycles. The number of rotatable bonds is 4. The number of aliphatic hydroxyl groups is 1. The Morgan fingerprint density at radius 3 is 2.79 bits per heavy atom. The lowest BCUT2D eigenvalue weighted by molar-refractivity contribution is -0.105. The molecule has 1 heterocycles. The van der Waals surface area contributed by atoms with Crippen LogP contribution in [-0.4, -0.2) is 55.0 Å². The highest BCUT2D eigenvalue weighted by molar-refractivity contribution is 4.90. The molecule has 4 atom stereocenters. The van der Waals surface area contributed by atoms with Gasteiger partial charge in [0.15, 0.2) is 0 Å². The van der Waals surface area contributed by atoms with Gasteiger partial charge in [0.25, 0.3) is 0 Å². The summed E-state index contributed by atoms with van der Waals surface area (Å²) < 4.78 is 5.72. The predicted molar refractivity (Wildman–Crippen MR) is 77.0 cm³/mol. The monoisotopic (exact) mass is 270 g/mol. The topological polar surface area (TPSA) is 58.7 Å². The molecule has 0 bridgehead atoms. The summed E-state index contributed by atoms with van der Waals surface area (Å²) >= 11 is 0. The van der Waals surface area contributed by atoms with Gasteiger partial charge in [-0.3, -0.25) is 4.90 Å². The molecule has 0 amide bonds. The Bertz CT molecular complexity index is 287. The molecule has 3 N–H and O–H groups in total. The summed E-state index contributed by atoms with van der Waals surface area (Å²) in [6, 6.07) is 0. The molecule has 4 unspecified atom stereocenters. The van der Waals surface area contributed by atoms with Crippen molar-refractivity contribution in [3.63, 3.8) is 0 Å². The van der Waals surface area contributed by atoms with E-state index in [-0.39, 0.29) is 24.2 Å². The normalized spacial score (nSPS) is 41.4. The quantitative estimate of drug-likeness (QED) is 0.806. The molecular weight excluding hydrogens is 240 g/mol. The zero-order valence-corrected chi connectivity index (χ0v) is 12.5. The molecule has 2 rings (SSSR count). The van der Waals surface area contributed by atoms with Crippen LogP contribution in [0.15, 0.2) is 0 Å². The van der Waals surface area contributed by atoms with Crippen LogP contribution < -0.4 is 5.73 Å². The van der Waals surface area contributed by atoms with E-state index in [1.807, 2.05) is 0 Å². The first-order chi connectivity index (χ1) is 9.07. The largest absolute Gasteiger partial charge is 0.394 e. The second-order valence-electron chi connectivity index (χ2n) is 6.85. The zero-order valence-electron chi connectivity index (χ0n) is 12.5. The molecule has 0 spiro atoms. The smallest absolute Gasteiger partial charge is 0.0936 e. The van der Waals surface area contributed by atoms with E-state index >= 15 is 0 Å². The number of morpholine rings is 1. The van der Waals surface area contributed by atoms with Gasteiger partial charge in [0, 0.05) is 19.6 Å². The van der Waals surface area contributed by atoms with Gasteiger partial charge in [0.05, 0.1) is 18.8 Å². The first kappa shape index (κ1) is 15.2. The zero-order chi connectivity index (χ0) is 13.9. The molecule has 112 valence electrons. The van der Waals surface area contributed by atoms with Crippen molar-refractivity contribution in [1.82, 2.24) is 4.90 Å². The van der Waals surface area contributed by atoms with Gasteiger partial charge >= 0.3 is 0 Å². The van der Waals surface area contributed by atoms with Crippen LogP contribution in [0.5, 0.6) is 0 Å². The van der Waals surface area contributed by atoms with Crippen LogP contribution in [-0.2, 0) is 4.74 Å². The third kappa shape index (κ3) is 3.91. The fourth-order valence-electron chi connectivity index (χ4n) is 4.01. The number of hydrogen-bond acceptors (Lipinski definition) is 4. The molecule has 19 heavy (non-hydrogen) atoms. The predicted octanol–water partition coefficient (Wildman–Crippen LogP) is 1.22. The lowest BCUT2D eigenvalue weighted by Crippen LogP contribution is -2.53. The van der Waals surface area contributed by atoms with Crippen LogP contribution in [0.4, 0.5) is 0 Å². The average molecular weight is 270 g/mol. The third-order valence-electron chi connectivity index (χ3n) is 4.78. The van der Waals surface area contributed by atoms with Crippen molar-refractivity contribution in [2.45, 2.75) is 51.7 Å². The van der Waals surface area contributed by atoms with Gasteiger partial charge in [-0.05, 0) is 37.6 Å². The van der Waals surface area contributed by atoms with Crippen molar-refractivity contribution in [1.29, 1.82) is 0 Å². The van der Waals surface area contributed by atoms with Crippen LogP contribution in [0, 0.1) is 11.3 Å². The summed E-state index contributed by atoms with van der Waals surface area (Å²) in [4.78, 5) is 2.46. The first-order valence-corrected chi connectivity index (χ1v) is 7.75. The van der Waals surface area contributed by atoms with Crippen molar-refractivity contribution in [2.24, 2.45) is 17.1 Å². The molecule has 1 aliphatic heterocycles. The van der Waals surface area contributed by atoms with Crippen LogP contribution in [0.2, 0.25) is 0 Å². The highest BCUT2D eigenvalue weighted by Gasteiger charge is 2.37. The van der Waals surface area contributed by atoms with Gasteiger partial charge in [-0.25, -0.2) is 0 Å². The number of aliphatic hydroxyl groups excluding tert-OH is 1. The van der Waals surface area contributed by atoms with E-state index in [0.717, 1.165) is 32.1 Å². The fourth-order valence-corrected chi connectivity index (χ4v) is 4.01. The van der Waals surface area contributed by atoms with Gasteiger partial charge in [-0.2, -0.15) is 0 Å². The maximum Gasteiger partial charge on any atom is 0.0936 e. The average Bonchev–Trinajstić information content (AvgIpc) is 2.38. The number of nitrogens with two attached hydrogens (primary N) is 1. The second kappa shape index (κ2) is 6.53. The fraction of sp³-hybridized carbons (Fsp3) is 1.00. The Hall–Kier alpha value is -0.160. The number of ether oxygens (including phenoxy) is 1. The van der Waals surface area contributed by atoms with E-state index in [2.05, 4.69) is 18.7 Å². The van der Waals surface area contributed by atoms with Gasteiger partial charge in [-0.1, -0.05) is 19.8 Å².